The number of hydrogen-bond donors (Lipinski definition) is 2. The number of phenolic OH excluding ortho intramolecular Hbond substituents is 1. The largest absolute Gasteiger partial charge is 0.508 e. The summed E-state index contributed by atoms with van der Waals surface area (Å²) in [6.45, 7) is 4.03. The number of benzene rings is 3. The molecule has 0 atom stereocenters. The molecule has 4 rings (SSSR count). The Bertz CT molecular complexity index is 1210. The Morgan fingerprint density at radius 1 is 0.970 bits per heavy atom. The maximum absolute atomic E-state index is 14.2. The first-order valence-corrected chi connectivity index (χ1v) is 10.4. The second-order valence-corrected chi connectivity index (χ2v) is 7.09. The summed E-state index contributed by atoms with van der Waals surface area (Å²) >= 11 is 0. The van der Waals surface area contributed by atoms with Gasteiger partial charge in [-0.2, -0.15) is 0 Å². The van der Waals surface area contributed by atoms with E-state index < -0.39 is 5.82 Å². The van der Waals surface area contributed by atoms with E-state index in [1.807, 2.05) is 37.3 Å². The molecule has 2 N–H and O–H groups in total. The first kappa shape index (κ1) is 23.8. The third-order valence-corrected chi connectivity index (χ3v) is 4.74. The van der Waals surface area contributed by atoms with E-state index >= 15 is 0 Å². The van der Waals surface area contributed by atoms with Gasteiger partial charge in [-0.3, -0.25) is 0 Å². The average molecular weight is 451 g/mol. The van der Waals surface area contributed by atoms with E-state index in [1.165, 1.54) is 12.1 Å². The van der Waals surface area contributed by atoms with Gasteiger partial charge in [-0.15, -0.1) is 0 Å². The number of pyridine rings is 1. The number of methoxy groups -OCH3 is 1. The van der Waals surface area contributed by atoms with Gasteiger partial charge in [0.2, 0.25) is 5.88 Å². The fraction of sp³-hybridized carbons (Fsp3) is 0.192. The monoisotopic (exact) mass is 451 g/mol. The van der Waals surface area contributed by atoms with Crippen LogP contribution in [0, 0.1) is 12.7 Å². The Kier molecular flexibility index (Phi) is 8.05. The molecule has 0 aliphatic heterocycles. The standard InChI is InChI=1S/C19H18FNO4.C7H8O/c1-4-24-19-10-17(13-6-5-12(23-3)8-15(13)21-19)25-18-9-16(22)11(2)7-14(18)20;8-6-7-4-2-1-3-5-7/h5-10,22H,4H2,1-3H3;1-5,8H,6H2. The summed E-state index contributed by atoms with van der Waals surface area (Å²) in [6, 6.07) is 18.9. The molecule has 0 bridgehead atoms. The zero-order valence-electron chi connectivity index (χ0n) is 18.7. The van der Waals surface area contributed by atoms with Crippen LogP contribution in [0.1, 0.15) is 18.1 Å². The highest BCUT2D eigenvalue weighted by Crippen LogP contribution is 2.36. The maximum atomic E-state index is 14.2. The van der Waals surface area contributed by atoms with Crippen molar-refractivity contribution in [3.05, 3.63) is 83.7 Å². The number of aryl methyl sites for hydroxylation is 1. The summed E-state index contributed by atoms with van der Waals surface area (Å²) in [5.74, 6) is 0.689. The molecule has 0 spiro atoms. The molecule has 0 aliphatic rings. The van der Waals surface area contributed by atoms with Gasteiger partial charge in [-0.25, -0.2) is 9.37 Å². The van der Waals surface area contributed by atoms with Crippen LogP contribution in [-0.2, 0) is 6.61 Å². The quantitative estimate of drug-likeness (QED) is 0.388. The van der Waals surface area contributed by atoms with Gasteiger partial charge in [0.05, 0.1) is 25.8 Å². The van der Waals surface area contributed by atoms with Gasteiger partial charge >= 0.3 is 0 Å². The molecule has 0 amide bonds. The lowest BCUT2D eigenvalue weighted by atomic mass is 10.2. The minimum Gasteiger partial charge on any atom is -0.508 e. The first-order chi connectivity index (χ1) is 15.9. The zero-order chi connectivity index (χ0) is 23.8. The van der Waals surface area contributed by atoms with Gasteiger partial charge in [-0.05, 0) is 43.2 Å². The Labute approximate surface area is 191 Å². The molecule has 172 valence electrons. The van der Waals surface area contributed by atoms with Crippen molar-refractivity contribution in [2.45, 2.75) is 20.5 Å². The number of phenols is 1. The number of fused-ring (bicyclic) bond motifs is 1. The Balaban J connectivity index is 0.000000323. The number of aliphatic hydroxyl groups is 1. The molecule has 0 saturated heterocycles. The van der Waals surface area contributed by atoms with E-state index in [2.05, 4.69) is 4.98 Å². The molecule has 33 heavy (non-hydrogen) atoms. The van der Waals surface area contributed by atoms with Crippen molar-refractivity contribution < 1.29 is 28.8 Å². The molecule has 6 nitrogen and oxygen atoms in total. The maximum Gasteiger partial charge on any atom is 0.217 e. The predicted molar refractivity (Wildman–Crippen MR) is 125 cm³/mol. The molecule has 0 aliphatic carbocycles. The second kappa shape index (κ2) is 11.2. The van der Waals surface area contributed by atoms with Crippen LogP contribution in [0.2, 0.25) is 0 Å². The van der Waals surface area contributed by atoms with Crippen LogP contribution in [0.5, 0.6) is 28.9 Å². The Morgan fingerprint density at radius 3 is 2.36 bits per heavy atom. The van der Waals surface area contributed by atoms with Crippen molar-refractivity contribution in [1.29, 1.82) is 0 Å². The molecule has 7 heteroatoms. The van der Waals surface area contributed by atoms with Crippen molar-refractivity contribution in [2.75, 3.05) is 13.7 Å². The molecular weight excluding hydrogens is 425 g/mol. The molecule has 3 aromatic carbocycles. The van der Waals surface area contributed by atoms with Crippen LogP contribution in [0.4, 0.5) is 4.39 Å². The highest BCUT2D eigenvalue weighted by Gasteiger charge is 2.14. The Morgan fingerprint density at radius 2 is 1.73 bits per heavy atom. The number of aromatic hydroxyl groups is 1. The van der Waals surface area contributed by atoms with Crippen molar-refractivity contribution >= 4 is 10.9 Å². The Hall–Kier alpha value is -3.84. The molecule has 1 aromatic heterocycles. The SMILES string of the molecule is CCOc1cc(Oc2cc(O)c(C)cc2F)c2ccc(OC)cc2n1.OCc1ccccc1. The summed E-state index contributed by atoms with van der Waals surface area (Å²) in [5.41, 5.74) is 1.99. The number of ether oxygens (including phenoxy) is 3. The second-order valence-electron chi connectivity index (χ2n) is 7.09. The van der Waals surface area contributed by atoms with Gasteiger partial charge in [0, 0.05) is 23.6 Å². The number of halogens is 1. The van der Waals surface area contributed by atoms with Crippen molar-refractivity contribution in [1.82, 2.24) is 4.98 Å². The van der Waals surface area contributed by atoms with E-state index in [0.29, 0.717) is 40.5 Å². The van der Waals surface area contributed by atoms with Crippen LogP contribution >= 0.6 is 0 Å². The minimum absolute atomic E-state index is 0.0403. The third-order valence-electron chi connectivity index (χ3n) is 4.74. The molecule has 4 aromatic rings. The van der Waals surface area contributed by atoms with E-state index in [0.717, 1.165) is 5.56 Å². The number of rotatable bonds is 6. The number of aliphatic hydroxyl groups excluding tert-OH is 1. The van der Waals surface area contributed by atoms with Crippen LogP contribution in [-0.4, -0.2) is 28.9 Å². The number of nitrogens with zero attached hydrogens (tertiary/aromatic N) is 1. The zero-order valence-corrected chi connectivity index (χ0v) is 18.7. The van der Waals surface area contributed by atoms with Crippen molar-refractivity contribution in [3.8, 4) is 28.9 Å². The highest BCUT2D eigenvalue weighted by atomic mass is 19.1. The third kappa shape index (κ3) is 6.11. The summed E-state index contributed by atoms with van der Waals surface area (Å²) in [4.78, 5) is 4.40. The topological polar surface area (TPSA) is 81.0 Å². The molecule has 0 radical (unpaired) electrons. The average Bonchev–Trinajstić information content (AvgIpc) is 2.83. The van der Waals surface area contributed by atoms with Crippen LogP contribution < -0.4 is 14.2 Å². The fourth-order valence-electron chi connectivity index (χ4n) is 3.01. The first-order valence-electron chi connectivity index (χ1n) is 10.4. The van der Waals surface area contributed by atoms with Crippen molar-refractivity contribution in [2.24, 2.45) is 0 Å². The van der Waals surface area contributed by atoms with E-state index in [1.54, 1.807) is 38.3 Å². The lowest BCUT2D eigenvalue weighted by molar-refractivity contribution is 0.282. The van der Waals surface area contributed by atoms with Gasteiger partial charge in [-0.1, -0.05) is 30.3 Å². The van der Waals surface area contributed by atoms with Crippen LogP contribution in [0.3, 0.4) is 0 Å². The predicted octanol–water partition coefficient (Wildman–Crippen LogP) is 5.77. The van der Waals surface area contributed by atoms with Gasteiger partial charge < -0.3 is 24.4 Å². The van der Waals surface area contributed by atoms with E-state index in [-0.39, 0.29) is 18.1 Å². The molecule has 0 saturated carbocycles. The smallest absolute Gasteiger partial charge is 0.217 e. The number of aromatic nitrogens is 1. The molecular formula is C26H26FNO5. The van der Waals surface area contributed by atoms with Crippen LogP contribution in [0.25, 0.3) is 10.9 Å². The summed E-state index contributed by atoms with van der Waals surface area (Å²) in [5, 5.41) is 19.0. The minimum atomic E-state index is -0.563. The van der Waals surface area contributed by atoms with E-state index in [9.17, 15) is 9.50 Å². The summed E-state index contributed by atoms with van der Waals surface area (Å²) in [6.07, 6.45) is 0. The molecule has 1 heterocycles. The van der Waals surface area contributed by atoms with Gasteiger partial charge in [0.25, 0.3) is 0 Å². The summed E-state index contributed by atoms with van der Waals surface area (Å²) in [7, 11) is 1.56. The normalized spacial score (nSPS) is 10.3. The lowest BCUT2D eigenvalue weighted by Gasteiger charge is -2.13. The van der Waals surface area contributed by atoms with Gasteiger partial charge in [0.15, 0.2) is 11.6 Å². The lowest BCUT2D eigenvalue weighted by Crippen LogP contribution is -1.97. The fourth-order valence-corrected chi connectivity index (χ4v) is 3.01. The molecule has 0 unspecified atom stereocenters. The van der Waals surface area contributed by atoms with Crippen molar-refractivity contribution in [3.63, 3.8) is 0 Å². The van der Waals surface area contributed by atoms with E-state index in [4.69, 9.17) is 19.3 Å². The van der Waals surface area contributed by atoms with Gasteiger partial charge in [0.1, 0.15) is 17.2 Å². The summed E-state index contributed by atoms with van der Waals surface area (Å²) < 4.78 is 30.6. The highest BCUT2D eigenvalue weighted by molar-refractivity contribution is 5.87. The van der Waals surface area contributed by atoms with Crippen LogP contribution in [0.15, 0.2) is 66.7 Å². The number of hydrogen-bond acceptors (Lipinski definition) is 6. The molecule has 0 fully saturated rings.